The summed E-state index contributed by atoms with van der Waals surface area (Å²) in [7, 11) is 2.22. The first-order chi connectivity index (χ1) is 15.5. The molecule has 0 saturated heterocycles. The summed E-state index contributed by atoms with van der Waals surface area (Å²) in [6.45, 7) is 9.83. The maximum atomic E-state index is 2.52. The number of anilines is 1. The van der Waals surface area contributed by atoms with Crippen LogP contribution < -0.4 is 4.90 Å². The monoisotopic (exact) mass is 418 g/mol. The molecule has 4 aromatic carbocycles. The smallest absolute Gasteiger partial charge is 0.0707 e. The zero-order chi connectivity index (χ0) is 21.7. The summed E-state index contributed by atoms with van der Waals surface area (Å²) in [5, 5.41) is 5.62. The molecule has 0 amide bonds. The molecule has 7 rings (SSSR count). The fourth-order valence-electron chi connectivity index (χ4n) is 6.72. The lowest BCUT2D eigenvalue weighted by Gasteiger charge is -2.36. The predicted molar refractivity (Wildman–Crippen MR) is 135 cm³/mol. The van der Waals surface area contributed by atoms with Crippen LogP contribution in [0.4, 0.5) is 5.69 Å². The third-order valence-electron chi connectivity index (χ3n) is 8.44. The van der Waals surface area contributed by atoms with E-state index in [9.17, 15) is 0 Å². The third kappa shape index (κ3) is 2.45. The molecular formula is C30H30N2. The van der Waals surface area contributed by atoms with Gasteiger partial charge in [0.2, 0.25) is 0 Å². The van der Waals surface area contributed by atoms with Crippen molar-refractivity contribution in [2.45, 2.75) is 45.6 Å². The summed E-state index contributed by atoms with van der Waals surface area (Å²) >= 11 is 0. The molecule has 2 heteroatoms. The molecule has 0 N–H and O–H groups in total. The molecule has 2 unspecified atom stereocenters. The number of fused-ring (bicyclic) bond motifs is 11. The summed E-state index contributed by atoms with van der Waals surface area (Å²) < 4.78 is 0. The van der Waals surface area contributed by atoms with E-state index in [1.165, 1.54) is 50.3 Å². The van der Waals surface area contributed by atoms with Crippen molar-refractivity contribution in [1.29, 1.82) is 0 Å². The van der Waals surface area contributed by atoms with Crippen molar-refractivity contribution in [1.82, 2.24) is 4.90 Å². The highest BCUT2D eigenvalue weighted by Crippen LogP contribution is 2.58. The van der Waals surface area contributed by atoms with Crippen LogP contribution in [0, 0.1) is 13.8 Å². The highest BCUT2D eigenvalue weighted by Gasteiger charge is 2.41. The Morgan fingerprint density at radius 1 is 0.719 bits per heavy atom. The molecule has 2 bridgehead atoms. The van der Waals surface area contributed by atoms with Crippen LogP contribution in [0.2, 0.25) is 0 Å². The van der Waals surface area contributed by atoms with Gasteiger partial charge in [-0.05, 0) is 107 Å². The Morgan fingerprint density at radius 2 is 1.22 bits per heavy atom. The summed E-state index contributed by atoms with van der Waals surface area (Å²) in [5.74, 6) is 1.12. The number of nitrogens with zero attached hydrogens (tertiary/aromatic N) is 2. The van der Waals surface area contributed by atoms with Gasteiger partial charge in [-0.1, -0.05) is 36.4 Å². The van der Waals surface area contributed by atoms with Crippen molar-refractivity contribution in [3.05, 3.63) is 87.5 Å². The van der Waals surface area contributed by atoms with Gasteiger partial charge in [-0.2, -0.15) is 0 Å². The van der Waals surface area contributed by atoms with Crippen LogP contribution in [0.15, 0.2) is 48.5 Å². The number of benzene rings is 4. The summed E-state index contributed by atoms with van der Waals surface area (Å²) in [4.78, 5) is 4.92. The van der Waals surface area contributed by atoms with E-state index in [1.807, 2.05) is 0 Å². The molecule has 2 aliphatic carbocycles. The zero-order valence-electron chi connectivity index (χ0n) is 19.5. The molecule has 0 aromatic heterocycles. The van der Waals surface area contributed by atoms with Crippen molar-refractivity contribution in [2.24, 2.45) is 0 Å². The summed E-state index contributed by atoms with van der Waals surface area (Å²) in [6.07, 6.45) is 1.25. The molecule has 0 radical (unpaired) electrons. The quantitative estimate of drug-likeness (QED) is 0.335. The average molecular weight is 419 g/mol. The second-order valence-electron chi connectivity index (χ2n) is 10.4. The fourth-order valence-corrected chi connectivity index (χ4v) is 6.72. The molecule has 32 heavy (non-hydrogen) atoms. The maximum absolute atomic E-state index is 2.52. The van der Waals surface area contributed by atoms with Gasteiger partial charge in [-0.3, -0.25) is 4.90 Å². The Morgan fingerprint density at radius 3 is 1.75 bits per heavy atom. The highest BCUT2D eigenvalue weighted by atomic mass is 15.3. The lowest BCUT2D eigenvalue weighted by Crippen LogP contribution is -2.40. The highest BCUT2D eigenvalue weighted by molar-refractivity contribution is 5.92. The fraction of sp³-hybridized carbons (Fsp3) is 0.333. The molecule has 4 aromatic rings. The lowest BCUT2D eigenvalue weighted by atomic mass is 9.82. The van der Waals surface area contributed by atoms with Crippen LogP contribution in [0.5, 0.6) is 0 Å². The van der Waals surface area contributed by atoms with Crippen molar-refractivity contribution < 1.29 is 0 Å². The van der Waals surface area contributed by atoms with Crippen LogP contribution in [-0.4, -0.2) is 25.2 Å². The van der Waals surface area contributed by atoms with Gasteiger partial charge < -0.3 is 4.90 Å². The first-order valence-electron chi connectivity index (χ1n) is 12.1. The minimum absolute atomic E-state index is 0.560. The van der Waals surface area contributed by atoms with Gasteiger partial charge >= 0.3 is 0 Å². The number of rotatable bonds is 1. The normalized spacial score (nSPS) is 21.3. The molecule has 2 nitrogen and oxygen atoms in total. The Bertz CT molecular complexity index is 1450. The second kappa shape index (κ2) is 6.36. The molecule has 0 spiro atoms. The minimum Gasteiger partial charge on any atom is -0.359 e. The largest absolute Gasteiger partial charge is 0.359 e. The molecule has 3 aliphatic rings. The van der Waals surface area contributed by atoms with Gasteiger partial charge in [0.1, 0.15) is 0 Å². The van der Waals surface area contributed by atoms with E-state index in [0.29, 0.717) is 11.8 Å². The van der Waals surface area contributed by atoms with Crippen LogP contribution in [-0.2, 0) is 6.54 Å². The standard InChI is InChI=1S/C30H30N2/c1-5-32-16-31(4)15-23-8-21-11-26-27(12-22(21)13-30(23)32)29-14-28(26)24-9-19-6-17(2)18(3)7-20(19)10-25(24)29/h6-13,28-29H,5,14-16H2,1-4H3. The van der Waals surface area contributed by atoms with E-state index in [-0.39, 0.29) is 0 Å². The number of aryl methyl sites for hydroxylation is 2. The molecule has 1 heterocycles. The van der Waals surface area contributed by atoms with Crippen molar-refractivity contribution in [2.75, 3.05) is 25.2 Å². The van der Waals surface area contributed by atoms with E-state index in [2.05, 4.69) is 86.1 Å². The molecular weight excluding hydrogens is 388 g/mol. The SMILES string of the molecule is CCN1CN(C)Cc2cc3cc4c(cc3cc21)C1CC4c2cc3cc(C)c(C)cc3cc21. The Labute approximate surface area is 190 Å². The van der Waals surface area contributed by atoms with Crippen molar-refractivity contribution >= 4 is 27.2 Å². The zero-order valence-corrected chi connectivity index (χ0v) is 19.5. The average Bonchev–Trinajstić information content (AvgIpc) is 3.31. The predicted octanol–water partition coefficient (Wildman–Crippen LogP) is 6.82. The summed E-state index contributed by atoms with van der Waals surface area (Å²) in [5.41, 5.74) is 12.0. The van der Waals surface area contributed by atoms with E-state index < -0.39 is 0 Å². The van der Waals surface area contributed by atoms with Gasteiger partial charge in [0.15, 0.2) is 0 Å². The lowest BCUT2D eigenvalue weighted by molar-refractivity contribution is 0.311. The molecule has 0 saturated carbocycles. The maximum Gasteiger partial charge on any atom is 0.0707 e. The van der Waals surface area contributed by atoms with Gasteiger partial charge in [0.25, 0.3) is 0 Å². The topological polar surface area (TPSA) is 6.48 Å². The van der Waals surface area contributed by atoms with Crippen LogP contribution in [0.3, 0.4) is 0 Å². The van der Waals surface area contributed by atoms with Gasteiger partial charge in [-0.25, -0.2) is 0 Å². The molecule has 1 aliphatic heterocycles. The minimum atomic E-state index is 0.560. The molecule has 2 atom stereocenters. The van der Waals surface area contributed by atoms with E-state index >= 15 is 0 Å². The van der Waals surface area contributed by atoms with E-state index in [0.717, 1.165) is 19.8 Å². The Hall–Kier alpha value is -2.84. The number of hydrogen-bond donors (Lipinski definition) is 0. The number of hydrogen-bond acceptors (Lipinski definition) is 2. The third-order valence-corrected chi connectivity index (χ3v) is 8.44. The Balaban J connectivity index is 1.40. The molecule has 160 valence electrons. The summed E-state index contributed by atoms with van der Waals surface area (Å²) in [6, 6.07) is 19.7. The van der Waals surface area contributed by atoms with E-state index in [4.69, 9.17) is 0 Å². The van der Waals surface area contributed by atoms with Crippen molar-refractivity contribution in [3.8, 4) is 0 Å². The van der Waals surface area contributed by atoms with Crippen LogP contribution in [0.25, 0.3) is 21.5 Å². The molecule has 0 fully saturated rings. The van der Waals surface area contributed by atoms with Gasteiger partial charge in [-0.15, -0.1) is 0 Å². The first kappa shape index (κ1) is 18.7. The van der Waals surface area contributed by atoms with Gasteiger partial charge in [0, 0.05) is 30.6 Å². The van der Waals surface area contributed by atoms with Crippen molar-refractivity contribution in [3.63, 3.8) is 0 Å². The van der Waals surface area contributed by atoms with Crippen LogP contribution in [0.1, 0.15) is 64.1 Å². The first-order valence-corrected chi connectivity index (χ1v) is 12.1. The Kier molecular flexibility index (Phi) is 3.72. The van der Waals surface area contributed by atoms with Crippen LogP contribution >= 0.6 is 0 Å². The van der Waals surface area contributed by atoms with Gasteiger partial charge in [0.05, 0.1) is 6.67 Å². The van der Waals surface area contributed by atoms with E-state index in [1.54, 1.807) is 22.3 Å². The second-order valence-corrected chi connectivity index (χ2v) is 10.4.